The van der Waals surface area contributed by atoms with E-state index < -0.39 is 5.63 Å². The van der Waals surface area contributed by atoms with Gasteiger partial charge in [-0.2, -0.15) is 11.3 Å². The number of hydrogen-bond donors (Lipinski definition) is 1. The summed E-state index contributed by atoms with van der Waals surface area (Å²) in [7, 11) is 0. The number of aryl methyl sites for hydroxylation is 1. The van der Waals surface area contributed by atoms with Gasteiger partial charge in [-0.25, -0.2) is 4.79 Å². The van der Waals surface area contributed by atoms with E-state index >= 15 is 0 Å². The van der Waals surface area contributed by atoms with Gasteiger partial charge in [0.25, 0.3) is 0 Å². The van der Waals surface area contributed by atoms with Crippen LogP contribution in [0.2, 0.25) is 0 Å². The monoisotopic (exact) mass is 371 g/mol. The van der Waals surface area contributed by atoms with Crippen LogP contribution in [-0.4, -0.2) is 11.9 Å². The molecule has 1 aromatic carbocycles. The summed E-state index contributed by atoms with van der Waals surface area (Å²) in [5.41, 5.74) is 1.98. The molecule has 0 aliphatic heterocycles. The van der Waals surface area contributed by atoms with Crippen molar-refractivity contribution in [2.45, 2.75) is 26.4 Å². The van der Waals surface area contributed by atoms with E-state index in [1.165, 1.54) is 13.0 Å². The first-order chi connectivity index (χ1) is 12.5. The molecule has 26 heavy (non-hydrogen) atoms. The maximum atomic E-state index is 11.9. The highest BCUT2D eigenvalue weighted by atomic mass is 32.1. The fraction of sp³-hybridized carbons (Fsp3) is 0.211. The van der Waals surface area contributed by atoms with Crippen molar-refractivity contribution in [2.24, 2.45) is 0 Å². The van der Waals surface area contributed by atoms with Gasteiger partial charge in [0, 0.05) is 42.1 Å². The van der Waals surface area contributed by atoms with Crippen LogP contribution in [0, 0.1) is 0 Å². The minimum atomic E-state index is -0.540. The van der Waals surface area contributed by atoms with E-state index in [2.05, 4.69) is 5.32 Å². The van der Waals surface area contributed by atoms with Gasteiger partial charge in [0.05, 0.1) is 0 Å². The number of ether oxygens (including phenoxy) is 1. The zero-order chi connectivity index (χ0) is 18.5. The lowest BCUT2D eigenvalue weighted by molar-refractivity contribution is -0.144. The molecule has 0 atom stereocenters. The summed E-state index contributed by atoms with van der Waals surface area (Å²) < 4.78 is 10.5. The number of fused-ring (bicyclic) bond motifs is 1. The molecule has 3 aromatic rings. The van der Waals surface area contributed by atoms with Crippen molar-refractivity contribution in [1.82, 2.24) is 0 Å². The fourth-order valence-electron chi connectivity index (χ4n) is 2.54. The first-order valence-corrected chi connectivity index (χ1v) is 8.96. The average Bonchev–Trinajstić information content (AvgIpc) is 3.10. The Morgan fingerprint density at radius 1 is 1.23 bits per heavy atom. The largest absolute Gasteiger partial charge is 0.461 e. The van der Waals surface area contributed by atoms with Gasteiger partial charge in [-0.05, 0) is 40.9 Å². The Morgan fingerprint density at radius 3 is 2.81 bits per heavy atom. The van der Waals surface area contributed by atoms with Crippen molar-refractivity contribution in [3.63, 3.8) is 0 Å². The van der Waals surface area contributed by atoms with E-state index in [0.717, 1.165) is 5.56 Å². The number of anilines is 1. The molecule has 2 aromatic heterocycles. The third kappa shape index (κ3) is 4.58. The first kappa shape index (κ1) is 17.9. The Labute approximate surface area is 153 Å². The second-order valence-electron chi connectivity index (χ2n) is 5.78. The number of carbonyl (C=O) groups excluding carboxylic acids is 2. The van der Waals surface area contributed by atoms with Crippen LogP contribution >= 0.6 is 11.3 Å². The maximum Gasteiger partial charge on any atom is 0.336 e. The summed E-state index contributed by atoms with van der Waals surface area (Å²) in [6.07, 6.45) is 0.906. The molecule has 0 fully saturated rings. The third-order valence-corrected chi connectivity index (χ3v) is 4.47. The van der Waals surface area contributed by atoms with Crippen molar-refractivity contribution in [1.29, 1.82) is 0 Å². The summed E-state index contributed by atoms with van der Waals surface area (Å²) >= 11 is 1.59. The lowest BCUT2D eigenvalue weighted by Gasteiger charge is -2.08. The molecule has 0 aliphatic carbocycles. The SMILES string of the molecule is CC(=O)Nc1ccc2c(COC(=O)CCc3ccsc3)cc(=O)oc2c1. The van der Waals surface area contributed by atoms with Crippen molar-refractivity contribution >= 4 is 39.9 Å². The molecule has 3 rings (SSSR count). The molecule has 1 N–H and O–H groups in total. The van der Waals surface area contributed by atoms with Gasteiger partial charge in [0.1, 0.15) is 12.2 Å². The quantitative estimate of drug-likeness (QED) is 0.529. The van der Waals surface area contributed by atoms with Crippen LogP contribution in [0.15, 0.2) is 50.3 Å². The first-order valence-electron chi connectivity index (χ1n) is 8.02. The zero-order valence-electron chi connectivity index (χ0n) is 14.1. The van der Waals surface area contributed by atoms with E-state index in [0.29, 0.717) is 28.6 Å². The lowest BCUT2D eigenvalue weighted by Crippen LogP contribution is -2.09. The van der Waals surface area contributed by atoms with E-state index in [-0.39, 0.29) is 24.9 Å². The number of esters is 1. The molecule has 1 amide bonds. The topological polar surface area (TPSA) is 85.6 Å². The van der Waals surface area contributed by atoms with Gasteiger partial charge in [0.15, 0.2) is 0 Å². The Hall–Kier alpha value is -2.93. The molecule has 0 aliphatic rings. The summed E-state index contributed by atoms with van der Waals surface area (Å²) in [4.78, 5) is 34.9. The van der Waals surface area contributed by atoms with Gasteiger partial charge >= 0.3 is 11.6 Å². The van der Waals surface area contributed by atoms with Crippen LogP contribution in [0.25, 0.3) is 11.0 Å². The highest BCUT2D eigenvalue weighted by molar-refractivity contribution is 7.07. The number of thiophene rings is 1. The maximum absolute atomic E-state index is 11.9. The molecule has 134 valence electrons. The van der Waals surface area contributed by atoms with Crippen LogP contribution in [0.4, 0.5) is 5.69 Å². The Kier molecular flexibility index (Phi) is 5.48. The minimum absolute atomic E-state index is 0.00987. The van der Waals surface area contributed by atoms with Crippen LogP contribution < -0.4 is 10.9 Å². The number of nitrogens with one attached hydrogen (secondary N) is 1. The van der Waals surface area contributed by atoms with E-state index in [9.17, 15) is 14.4 Å². The van der Waals surface area contributed by atoms with Crippen molar-refractivity contribution < 1.29 is 18.7 Å². The highest BCUT2D eigenvalue weighted by Crippen LogP contribution is 2.22. The van der Waals surface area contributed by atoms with Gasteiger partial charge in [0.2, 0.25) is 5.91 Å². The van der Waals surface area contributed by atoms with Crippen LogP contribution in [0.5, 0.6) is 0 Å². The molecule has 2 heterocycles. The molecule has 0 radical (unpaired) electrons. The number of rotatable bonds is 6. The summed E-state index contributed by atoms with van der Waals surface area (Å²) in [6.45, 7) is 1.39. The molecule has 6 nitrogen and oxygen atoms in total. The van der Waals surface area contributed by atoms with Crippen LogP contribution in [0.3, 0.4) is 0 Å². The minimum Gasteiger partial charge on any atom is -0.461 e. The smallest absolute Gasteiger partial charge is 0.336 e. The highest BCUT2D eigenvalue weighted by Gasteiger charge is 2.10. The second-order valence-corrected chi connectivity index (χ2v) is 6.56. The van der Waals surface area contributed by atoms with Gasteiger partial charge in [-0.3, -0.25) is 9.59 Å². The van der Waals surface area contributed by atoms with Crippen molar-refractivity contribution in [3.05, 3.63) is 62.6 Å². The molecular formula is C19H17NO5S. The number of hydrogen-bond acceptors (Lipinski definition) is 6. The predicted molar refractivity (Wildman–Crippen MR) is 99.2 cm³/mol. The Morgan fingerprint density at radius 2 is 2.08 bits per heavy atom. The second kappa shape index (κ2) is 7.97. The number of benzene rings is 1. The number of amides is 1. The van der Waals surface area contributed by atoms with Crippen molar-refractivity contribution in [3.8, 4) is 0 Å². The van der Waals surface area contributed by atoms with Crippen molar-refractivity contribution in [2.75, 3.05) is 5.32 Å². The summed E-state index contributed by atoms with van der Waals surface area (Å²) in [5, 5.41) is 7.25. The van der Waals surface area contributed by atoms with Gasteiger partial charge < -0.3 is 14.5 Å². The molecule has 0 saturated heterocycles. The van der Waals surface area contributed by atoms with E-state index in [4.69, 9.17) is 9.15 Å². The van der Waals surface area contributed by atoms with Crippen LogP contribution in [-0.2, 0) is 27.4 Å². The summed E-state index contributed by atoms with van der Waals surface area (Å²) in [5.74, 6) is -0.546. The predicted octanol–water partition coefficient (Wildman–Crippen LogP) is 3.49. The Balaban J connectivity index is 1.71. The van der Waals surface area contributed by atoms with E-state index in [1.807, 2.05) is 16.8 Å². The molecule has 0 bridgehead atoms. The van der Waals surface area contributed by atoms with E-state index in [1.54, 1.807) is 29.5 Å². The molecular weight excluding hydrogens is 354 g/mol. The Bertz CT molecular complexity index is 991. The lowest BCUT2D eigenvalue weighted by atomic mass is 10.1. The molecule has 0 saturated carbocycles. The third-order valence-electron chi connectivity index (χ3n) is 3.74. The molecule has 0 spiro atoms. The van der Waals surface area contributed by atoms with Gasteiger partial charge in [-0.1, -0.05) is 0 Å². The zero-order valence-corrected chi connectivity index (χ0v) is 14.9. The summed E-state index contributed by atoms with van der Waals surface area (Å²) in [6, 6.07) is 8.27. The van der Waals surface area contributed by atoms with Gasteiger partial charge in [-0.15, -0.1) is 0 Å². The normalized spacial score (nSPS) is 10.7. The average molecular weight is 371 g/mol. The number of carbonyl (C=O) groups is 2. The standard InChI is InChI=1S/C19H17NO5S/c1-12(21)20-15-3-4-16-14(8-19(23)25-17(16)9-15)10-24-18(22)5-2-13-6-7-26-11-13/h3-4,6-9,11H,2,5,10H2,1H3,(H,20,21). The molecule has 0 unspecified atom stereocenters. The molecule has 7 heteroatoms. The fourth-order valence-corrected chi connectivity index (χ4v) is 3.25. The van der Waals surface area contributed by atoms with Crippen LogP contribution in [0.1, 0.15) is 24.5 Å².